The van der Waals surface area contributed by atoms with Crippen molar-refractivity contribution in [2.24, 2.45) is 4.99 Å². The number of esters is 1. The number of nitrogens with zero attached hydrogens (tertiary/aromatic N) is 1. The Morgan fingerprint density at radius 3 is 2.72 bits per heavy atom. The van der Waals surface area contributed by atoms with Gasteiger partial charge in [0.1, 0.15) is 10.8 Å². The van der Waals surface area contributed by atoms with Gasteiger partial charge in [0.2, 0.25) is 0 Å². The maximum Gasteiger partial charge on any atom is 0.341 e. The summed E-state index contributed by atoms with van der Waals surface area (Å²) in [7, 11) is 0. The molecule has 0 spiro atoms. The van der Waals surface area contributed by atoms with E-state index in [0.29, 0.717) is 30.5 Å². The monoisotopic (exact) mass is 443 g/mol. The molecule has 1 aromatic carbocycles. The number of ether oxygens (including phenoxy) is 1. The van der Waals surface area contributed by atoms with Crippen LogP contribution in [0.3, 0.4) is 0 Å². The zero-order chi connectivity index (χ0) is 18.7. The molecule has 0 bridgehead atoms. The van der Waals surface area contributed by atoms with Crippen molar-refractivity contribution in [2.75, 3.05) is 6.61 Å². The number of thiophene rings is 1. The van der Waals surface area contributed by atoms with Crippen LogP contribution in [0.5, 0.6) is 5.75 Å². The number of benzene rings is 1. The summed E-state index contributed by atoms with van der Waals surface area (Å²) in [4.78, 5) is 28.7. The summed E-state index contributed by atoms with van der Waals surface area (Å²) in [5.74, 6) is -0.707. The van der Waals surface area contributed by atoms with Crippen LogP contribution in [0.1, 0.15) is 45.0 Å². The molecule has 0 saturated carbocycles. The first-order valence-corrected chi connectivity index (χ1v) is 9.28. The zero-order valence-corrected chi connectivity index (χ0v) is 16.9. The molecule has 0 unspecified atom stereocenters. The second kappa shape index (κ2) is 8.12. The zero-order valence-electron chi connectivity index (χ0n) is 13.7. The molecule has 0 amide bonds. The molecule has 1 aromatic heterocycles. The van der Waals surface area contributed by atoms with Gasteiger partial charge in [-0.2, -0.15) is 0 Å². The van der Waals surface area contributed by atoms with E-state index in [1.165, 1.54) is 13.1 Å². The van der Waals surface area contributed by atoms with E-state index in [-0.39, 0.29) is 23.7 Å². The number of rotatable bonds is 5. The van der Waals surface area contributed by atoms with Crippen LogP contribution >= 0.6 is 38.9 Å². The number of Topliss-reactive ketones (excluding diaryl/α,β-unsaturated/α-hetero) is 1. The van der Waals surface area contributed by atoms with Crippen LogP contribution < -0.4 is 0 Å². The van der Waals surface area contributed by atoms with Gasteiger partial charge in [-0.3, -0.25) is 4.79 Å². The van der Waals surface area contributed by atoms with Crippen LogP contribution in [0.15, 0.2) is 21.6 Å². The molecule has 5 nitrogen and oxygen atoms in total. The highest BCUT2D eigenvalue weighted by Gasteiger charge is 2.23. The normalized spacial score (nSPS) is 11.1. The van der Waals surface area contributed by atoms with Crippen molar-refractivity contribution < 1.29 is 19.4 Å². The van der Waals surface area contributed by atoms with Crippen LogP contribution in [0.4, 0.5) is 5.00 Å². The van der Waals surface area contributed by atoms with Crippen molar-refractivity contribution in [3.63, 3.8) is 0 Å². The summed E-state index contributed by atoms with van der Waals surface area (Å²) < 4.78 is 5.49. The van der Waals surface area contributed by atoms with E-state index in [2.05, 4.69) is 20.9 Å². The maximum absolute atomic E-state index is 12.2. The molecule has 0 aliphatic heterocycles. The predicted octanol–water partition coefficient (Wildman–Crippen LogP) is 5.31. The van der Waals surface area contributed by atoms with Crippen LogP contribution in [0, 0.1) is 6.92 Å². The van der Waals surface area contributed by atoms with Crippen molar-refractivity contribution >= 4 is 61.8 Å². The van der Waals surface area contributed by atoms with Crippen LogP contribution in [0.2, 0.25) is 5.02 Å². The second-order valence-corrected chi connectivity index (χ2v) is 7.39. The standard InChI is InChI=1S/C17H15BrClNO4S/c1-4-24-17(23)13-8(2)15(9(3)21)25-16(13)20-7-10-5-11(19)6-12(18)14(10)22/h5-7,22H,4H2,1-3H3/b20-7+. The van der Waals surface area contributed by atoms with Crippen molar-refractivity contribution in [1.29, 1.82) is 0 Å². The quantitative estimate of drug-likeness (QED) is 0.385. The molecule has 8 heteroatoms. The summed E-state index contributed by atoms with van der Waals surface area (Å²) in [6, 6.07) is 3.10. The number of carbonyl (C=O) groups excluding carboxylic acids is 2. The Kier molecular flexibility index (Phi) is 6.37. The van der Waals surface area contributed by atoms with Crippen molar-refractivity contribution in [2.45, 2.75) is 20.8 Å². The number of aromatic hydroxyl groups is 1. The van der Waals surface area contributed by atoms with Gasteiger partial charge in [-0.15, -0.1) is 11.3 Å². The Morgan fingerprint density at radius 1 is 1.44 bits per heavy atom. The minimum Gasteiger partial charge on any atom is -0.506 e. The highest BCUT2D eigenvalue weighted by atomic mass is 79.9. The van der Waals surface area contributed by atoms with Gasteiger partial charge in [0.05, 0.1) is 21.5 Å². The van der Waals surface area contributed by atoms with Crippen molar-refractivity contribution in [3.05, 3.63) is 43.2 Å². The molecular formula is C17H15BrClNO4S. The lowest BCUT2D eigenvalue weighted by Crippen LogP contribution is -2.06. The lowest BCUT2D eigenvalue weighted by atomic mass is 10.1. The first-order chi connectivity index (χ1) is 11.8. The molecule has 2 aromatic rings. The molecular weight excluding hydrogens is 430 g/mol. The molecule has 0 fully saturated rings. The SMILES string of the molecule is CCOC(=O)c1c(/N=C/c2cc(Cl)cc(Br)c2O)sc(C(C)=O)c1C. The van der Waals surface area contributed by atoms with E-state index < -0.39 is 5.97 Å². The molecule has 0 atom stereocenters. The van der Waals surface area contributed by atoms with E-state index in [1.807, 2.05) is 0 Å². The Morgan fingerprint density at radius 2 is 2.12 bits per heavy atom. The molecule has 0 aliphatic carbocycles. The number of halogens is 2. The van der Waals surface area contributed by atoms with Gasteiger partial charge in [-0.1, -0.05) is 11.6 Å². The first kappa shape index (κ1) is 19.6. The Balaban J connectivity index is 2.54. The molecule has 0 saturated heterocycles. The predicted molar refractivity (Wildman–Crippen MR) is 103 cm³/mol. The van der Waals surface area contributed by atoms with Gasteiger partial charge in [0.15, 0.2) is 5.78 Å². The second-order valence-electron chi connectivity index (χ2n) is 5.10. The molecule has 2 rings (SSSR count). The topological polar surface area (TPSA) is 76.0 Å². The smallest absolute Gasteiger partial charge is 0.341 e. The number of carbonyl (C=O) groups is 2. The molecule has 25 heavy (non-hydrogen) atoms. The van der Waals surface area contributed by atoms with E-state index >= 15 is 0 Å². The van der Waals surface area contributed by atoms with Gasteiger partial charge in [0.25, 0.3) is 0 Å². The number of phenols is 1. The van der Waals surface area contributed by atoms with Gasteiger partial charge in [0, 0.05) is 16.8 Å². The highest BCUT2D eigenvalue weighted by Crippen LogP contribution is 2.37. The summed E-state index contributed by atoms with van der Waals surface area (Å²) >= 11 is 10.3. The third-order valence-corrected chi connectivity index (χ3v) is 5.43. The lowest BCUT2D eigenvalue weighted by molar-refractivity contribution is 0.0527. The maximum atomic E-state index is 12.2. The van der Waals surface area contributed by atoms with E-state index in [9.17, 15) is 14.7 Å². The number of ketones is 1. The van der Waals surface area contributed by atoms with E-state index in [0.717, 1.165) is 11.3 Å². The highest BCUT2D eigenvalue weighted by molar-refractivity contribution is 9.10. The lowest BCUT2D eigenvalue weighted by Gasteiger charge is -2.04. The Bertz CT molecular complexity index is 876. The van der Waals surface area contributed by atoms with Gasteiger partial charge >= 0.3 is 5.97 Å². The average Bonchev–Trinajstić information content (AvgIpc) is 2.86. The summed E-state index contributed by atoms with van der Waals surface area (Å²) in [5, 5.41) is 10.8. The fraction of sp³-hybridized carbons (Fsp3) is 0.235. The number of aliphatic imine (C=N–C) groups is 1. The van der Waals surface area contributed by atoms with Crippen LogP contribution in [-0.2, 0) is 4.74 Å². The Hall–Kier alpha value is -1.70. The minimum atomic E-state index is -0.535. The Labute approximate surface area is 162 Å². The molecule has 1 heterocycles. The number of phenolic OH excluding ortho intramolecular Hbond substituents is 1. The molecule has 132 valence electrons. The number of hydrogen-bond donors (Lipinski definition) is 1. The largest absolute Gasteiger partial charge is 0.506 e. The fourth-order valence-electron chi connectivity index (χ4n) is 2.18. The van der Waals surface area contributed by atoms with Crippen LogP contribution in [-0.4, -0.2) is 29.7 Å². The van der Waals surface area contributed by atoms with Gasteiger partial charge in [-0.25, -0.2) is 9.79 Å². The number of hydrogen-bond acceptors (Lipinski definition) is 6. The summed E-state index contributed by atoms with van der Waals surface area (Å²) in [6.45, 7) is 5.04. The van der Waals surface area contributed by atoms with E-state index in [4.69, 9.17) is 16.3 Å². The van der Waals surface area contributed by atoms with E-state index in [1.54, 1.807) is 26.0 Å². The summed E-state index contributed by atoms with van der Waals surface area (Å²) in [6.07, 6.45) is 1.39. The van der Waals surface area contributed by atoms with Gasteiger partial charge < -0.3 is 9.84 Å². The fourth-order valence-corrected chi connectivity index (χ4v) is 4.05. The molecule has 0 aliphatic rings. The average molecular weight is 445 g/mol. The molecule has 1 N–H and O–H groups in total. The van der Waals surface area contributed by atoms with Crippen LogP contribution in [0.25, 0.3) is 0 Å². The van der Waals surface area contributed by atoms with Gasteiger partial charge in [-0.05, 0) is 54.4 Å². The minimum absolute atomic E-state index is 0.0223. The summed E-state index contributed by atoms with van der Waals surface area (Å²) in [5.41, 5.74) is 1.18. The third kappa shape index (κ3) is 4.29. The third-order valence-electron chi connectivity index (χ3n) is 3.31. The molecule has 0 radical (unpaired) electrons. The first-order valence-electron chi connectivity index (χ1n) is 7.29. The van der Waals surface area contributed by atoms with Crippen molar-refractivity contribution in [3.8, 4) is 5.75 Å². The van der Waals surface area contributed by atoms with Crippen molar-refractivity contribution in [1.82, 2.24) is 0 Å².